The largest absolute Gasteiger partial charge is 0.479 e. The Kier molecular flexibility index (Phi) is 51.6. The Morgan fingerprint density at radius 1 is 0.398 bits per heavy atom. The minimum atomic E-state index is -1.93. The van der Waals surface area contributed by atoms with E-state index in [2.05, 4.69) is 167 Å². The molecule has 1 saturated heterocycles. The van der Waals surface area contributed by atoms with Crippen LogP contribution in [0.1, 0.15) is 213 Å². The molecule has 1 fully saturated rings. The number of allylic oxidation sites excluding steroid dienone is 26. The van der Waals surface area contributed by atoms with Gasteiger partial charge in [-0.05, 0) is 135 Å². The number of rotatable bonds is 51. The molecule has 1 heterocycles. The number of carbonyl (C=O) groups excluding carboxylic acids is 3. The van der Waals surface area contributed by atoms with Crippen molar-refractivity contribution in [3.63, 3.8) is 0 Å². The maximum absolute atomic E-state index is 13.2. The van der Waals surface area contributed by atoms with Crippen molar-refractivity contribution in [3.8, 4) is 0 Å². The Morgan fingerprint density at radius 2 is 0.735 bits per heavy atom. The van der Waals surface area contributed by atoms with Crippen LogP contribution in [0.5, 0.6) is 0 Å². The van der Waals surface area contributed by atoms with Gasteiger partial charge < -0.3 is 39.0 Å². The van der Waals surface area contributed by atoms with Crippen molar-refractivity contribution < 1.29 is 58.2 Å². The molecule has 1 aliphatic rings. The highest BCUT2D eigenvalue weighted by Crippen LogP contribution is 2.26. The maximum Gasteiger partial charge on any atom is 0.335 e. The van der Waals surface area contributed by atoms with E-state index < -0.39 is 67.3 Å². The van der Waals surface area contributed by atoms with E-state index in [4.69, 9.17) is 23.7 Å². The molecule has 464 valence electrons. The van der Waals surface area contributed by atoms with Crippen molar-refractivity contribution in [2.75, 3.05) is 13.2 Å². The number of hydrogen-bond acceptors (Lipinski definition) is 11. The van der Waals surface area contributed by atoms with Gasteiger partial charge >= 0.3 is 23.9 Å². The summed E-state index contributed by atoms with van der Waals surface area (Å²) in [7, 11) is 0. The molecule has 3 N–H and O–H groups in total. The van der Waals surface area contributed by atoms with E-state index in [9.17, 15) is 34.5 Å². The predicted octanol–water partition coefficient (Wildman–Crippen LogP) is 16.9. The first-order chi connectivity index (χ1) is 40.6. The van der Waals surface area contributed by atoms with Gasteiger partial charge in [-0.2, -0.15) is 0 Å². The summed E-state index contributed by atoms with van der Waals surface area (Å²) in [6.45, 7) is 5.57. The standard InChI is InChI=1S/C71H108O12/c1-4-7-10-13-16-19-22-25-28-31-32-35-36-39-42-45-48-51-54-57-63(72)79-60-62(81-64(73)58-55-52-49-46-43-40-37-33-29-26-23-20-17-14-11-8-5-2)61-80-71-69(67(76)66(75)68(83-71)70(77)78)82-65(74)59-56-53-50-47-44-41-38-34-30-27-24-21-18-15-12-9-6-3/h7-12,16-21,25-30,32,35,37,39-40,42,46,49,62,66-69,71,75-76H,4-6,13-15,22-24,31,33-34,36,38,41,43-45,47-48,50-61H2,1-3H3,(H,77,78)/b10-7-,11-8-,12-9-,19-16-,20-17-,21-18-,28-25-,29-26-,30-27-,35-32-,40-37-,42-39-,49-46-. The lowest BCUT2D eigenvalue weighted by Crippen LogP contribution is -2.61. The highest BCUT2D eigenvalue weighted by molar-refractivity contribution is 5.74. The Morgan fingerprint density at radius 3 is 1.14 bits per heavy atom. The summed E-state index contributed by atoms with van der Waals surface area (Å²) in [5.74, 6) is -3.28. The van der Waals surface area contributed by atoms with E-state index in [0.29, 0.717) is 25.7 Å². The van der Waals surface area contributed by atoms with Gasteiger partial charge in [0, 0.05) is 19.3 Å². The fraction of sp³-hybridized carbons (Fsp3) is 0.577. The number of esters is 3. The second-order valence-electron chi connectivity index (χ2n) is 20.5. The van der Waals surface area contributed by atoms with Crippen LogP contribution in [0, 0.1) is 0 Å². The van der Waals surface area contributed by atoms with Gasteiger partial charge in [0.25, 0.3) is 0 Å². The third kappa shape index (κ3) is 46.4. The molecule has 0 aromatic heterocycles. The van der Waals surface area contributed by atoms with Crippen LogP contribution in [-0.4, -0.2) is 89.2 Å². The number of ether oxygens (including phenoxy) is 5. The van der Waals surface area contributed by atoms with E-state index in [0.717, 1.165) is 148 Å². The van der Waals surface area contributed by atoms with Crippen molar-refractivity contribution in [1.82, 2.24) is 0 Å². The number of hydrogen-bond donors (Lipinski definition) is 3. The molecule has 12 nitrogen and oxygen atoms in total. The van der Waals surface area contributed by atoms with Gasteiger partial charge in [-0.3, -0.25) is 14.4 Å². The van der Waals surface area contributed by atoms with Crippen molar-refractivity contribution in [2.45, 2.75) is 250 Å². The quantitative estimate of drug-likeness (QED) is 0.0228. The summed E-state index contributed by atoms with van der Waals surface area (Å²) in [5, 5.41) is 31.6. The number of aliphatic carboxylic acids is 1. The van der Waals surface area contributed by atoms with Crippen LogP contribution < -0.4 is 0 Å². The number of carbonyl (C=O) groups is 4. The predicted molar refractivity (Wildman–Crippen MR) is 339 cm³/mol. The molecule has 0 aromatic carbocycles. The van der Waals surface area contributed by atoms with Crippen LogP contribution in [-0.2, 0) is 42.9 Å². The highest BCUT2D eigenvalue weighted by atomic mass is 16.7. The fourth-order valence-corrected chi connectivity index (χ4v) is 8.38. The van der Waals surface area contributed by atoms with Crippen molar-refractivity contribution in [3.05, 3.63) is 158 Å². The molecule has 12 heteroatoms. The molecular formula is C71H108O12. The SMILES string of the molecule is CC/C=C\C/C=C\C/C=C\C/C=C\C/C=C\CCCCCC(=O)OCC(COC1OC(C(=O)O)C(O)C(O)C1OC(=O)CCCCCCCCC/C=C\C/C=C\C/C=C\CC)OC(=O)CCC/C=C\C/C=C\C/C=C\C/C=C\C/C=C\CC. The third-order valence-corrected chi connectivity index (χ3v) is 13.1. The molecule has 0 saturated carbocycles. The smallest absolute Gasteiger partial charge is 0.335 e. The second-order valence-corrected chi connectivity index (χ2v) is 20.5. The molecule has 6 atom stereocenters. The Hall–Kier alpha value is -5.66. The minimum absolute atomic E-state index is 0.0295. The number of unbranched alkanes of at least 4 members (excludes halogenated alkanes) is 11. The van der Waals surface area contributed by atoms with E-state index in [-0.39, 0.29) is 25.9 Å². The fourth-order valence-electron chi connectivity index (χ4n) is 8.38. The monoisotopic (exact) mass is 1150 g/mol. The van der Waals surface area contributed by atoms with E-state index in [1.54, 1.807) is 0 Å². The molecule has 1 aliphatic heterocycles. The molecule has 1 rings (SSSR count). The molecule has 0 aromatic rings. The van der Waals surface area contributed by atoms with Gasteiger partial charge in [0.2, 0.25) is 0 Å². The third-order valence-electron chi connectivity index (χ3n) is 13.1. The second kappa shape index (κ2) is 56.8. The molecule has 0 radical (unpaired) electrons. The van der Waals surface area contributed by atoms with Gasteiger partial charge in [0.1, 0.15) is 18.8 Å². The molecular weight excluding hydrogens is 1040 g/mol. The number of aliphatic hydroxyl groups excluding tert-OH is 2. The van der Waals surface area contributed by atoms with E-state index in [1.165, 1.54) is 0 Å². The average Bonchev–Trinajstić information content (AvgIpc) is 3.59. The number of aliphatic hydroxyl groups is 2. The Balaban J connectivity index is 2.75. The first-order valence-corrected chi connectivity index (χ1v) is 31.5. The van der Waals surface area contributed by atoms with Gasteiger partial charge in [-0.15, -0.1) is 0 Å². The molecule has 0 aliphatic carbocycles. The molecule has 0 spiro atoms. The van der Waals surface area contributed by atoms with Crippen molar-refractivity contribution in [1.29, 1.82) is 0 Å². The summed E-state index contributed by atoms with van der Waals surface area (Å²) in [5.41, 5.74) is 0. The lowest BCUT2D eigenvalue weighted by molar-refractivity contribution is -0.301. The summed E-state index contributed by atoms with van der Waals surface area (Å²) in [6.07, 6.45) is 70.6. The van der Waals surface area contributed by atoms with Crippen LogP contribution in [0.25, 0.3) is 0 Å². The zero-order chi connectivity index (χ0) is 60.3. The molecule has 0 amide bonds. The Bertz CT molecular complexity index is 2050. The van der Waals surface area contributed by atoms with Gasteiger partial charge in [-0.25, -0.2) is 4.79 Å². The molecule has 0 bridgehead atoms. The van der Waals surface area contributed by atoms with Crippen LogP contribution >= 0.6 is 0 Å². The average molecular weight is 1150 g/mol. The van der Waals surface area contributed by atoms with Gasteiger partial charge in [0.15, 0.2) is 24.6 Å². The minimum Gasteiger partial charge on any atom is -0.479 e. The van der Waals surface area contributed by atoms with Crippen molar-refractivity contribution in [2.24, 2.45) is 0 Å². The zero-order valence-electron chi connectivity index (χ0n) is 51.1. The Labute approximate surface area is 501 Å². The van der Waals surface area contributed by atoms with Crippen LogP contribution in [0.2, 0.25) is 0 Å². The van der Waals surface area contributed by atoms with Crippen LogP contribution in [0.15, 0.2) is 158 Å². The van der Waals surface area contributed by atoms with Crippen molar-refractivity contribution >= 4 is 23.9 Å². The van der Waals surface area contributed by atoms with E-state index >= 15 is 0 Å². The first-order valence-electron chi connectivity index (χ1n) is 31.5. The lowest BCUT2D eigenvalue weighted by Gasteiger charge is -2.40. The topological polar surface area (TPSA) is 175 Å². The van der Waals surface area contributed by atoms with Crippen LogP contribution in [0.3, 0.4) is 0 Å². The normalized spacial score (nSPS) is 18.7. The number of carboxylic acid groups (broad SMARTS) is 1. The first kappa shape index (κ1) is 75.4. The summed E-state index contributed by atoms with van der Waals surface area (Å²) < 4.78 is 28.4. The maximum atomic E-state index is 13.2. The molecule has 83 heavy (non-hydrogen) atoms. The molecule has 6 unspecified atom stereocenters. The highest BCUT2D eigenvalue weighted by Gasteiger charge is 2.50. The van der Waals surface area contributed by atoms with Crippen LogP contribution in [0.4, 0.5) is 0 Å². The lowest BCUT2D eigenvalue weighted by atomic mass is 9.98. The summed E-state index contributed by atoms with van der Waals surface area (Å²) in [4.78, 5) is 51.3. The summed E-state index contributed by atoms with van der Waals surface area (Å²) in [6, 6.07) is 0. The summed E-state index contributed by atoms with van der Waals surface area (Å²) >= 11 is 0. The van der Waals surface area contributed by atoms with E-state index in [1.807, 2.05) is 12.2 Å². The van der Waals surface area contributed by atoms with Gasteiger partial charge in [-0.1, -0.05) is 217 Å². The van der Waals surface area contributed by atoms with Gasteiger partial charge in [0.05, 0.1) is 6.61 Å². The number of carboxylic acids is 1. The zero-order valence-corrected chi connectivity index (χ0v) is 51.1.